The zero-order chi connectivity index (χ0) is 12.3. The Labute approximate surface area is 105 Å². The van der Waals surface area contributed by atoms with Gasteiger partial charge in [-0.15, -0.1) is 0 Å². The third-order valence-corrected chi connectivity index (χ3v) is 2.93. The van der Waals surface area contributed by atoms with Crippen LogP contribution >= 0.6 is 0 Å². The van der Waals surface area contributed by atoms with E-state index in [1.807, 2.05) is 13.8 Å². The van der Waals surface area contributed by atoms with E-state index in [1.54, 1.807) is 0 Å². The van der Waals surface area contributed by atoms with E-state index in [2.05, 4.69) is 5.32 Å². The maximum absolute atomic E-state index is 5.67. The summed E-state index contributed by atoms with van der Waals surface area (Å²) in [5.41, 5.74) is 0. The smallest absolute Gasteiger partial charge is 0.159 e. The molecule has 0 saturated carbocycles. The van der Waals surface area contributed by atoms with Crippen LogP contribution in [0.3, 0.4) is 0 Å². The molecule has 1 saturated heterocycles. The average Bonchev–Trinajstić information content (AvgIpc) is 2.36. The number of hydrogen-bond acceptors (Lipinski definition) is 4. The zero-order valence-corrected chi connectivity index (χ0v) is 11.2. The number of rotatable bonds is 9. The van der Waals surface area contributed by atoms with Crippen LogP contribution in [0.25, 0.3) is 0 Å². The van der Waals surface area contributed by atoms with Crippen LogP contribution in [0.1, 0.15) is 39.5 Å². The SMILES string of the molecule is CCOC(CCOCC1CCCCN1)OCC. The van der Waals surface area contributed by atoms with Gasteiger partial charge in [-0.3, -0.25) is 0 Å². The van der Waals surface area contributed by atoms with Crippen molar-refractivity contribution in [3.8, 4) is 0 Å². The zero-order valence-electron chi connectivity index (χ0n) is 11.2. The lowest BCUT2D eigenvalue weighted by Gasteiger charge is -2.23. The van der Waals surface area contributed by atoms with Gasteiger partial charge < -0.3 is 19.5 Å². The molecule has 1 heterocycles. The number of nitrogens with one attached hydrogen (secondary N) is 1. The summed E-state index contributed by atoms with van der Waals surface area (Å²) in [5.74, 6) is 0. The van der Waals surface area contributed by atoms with Gasteiger partial charge in [-0.25, -0.2) is 0 Å². The molecule has 0 aromatic rings. The third-order valence-electron chi connectivity index (χ3n) is 2.93. The van der Waals surface area contributed by atoms with E-state index < -0.39 is 0 Å². The van der Waals surface area contributed by atoms with Gasteiger partial charge in [0, 0.05) is 25.7 Å². The highest BCUT2D eigenvalue weighted by atomic mass is 16.7. The monoisotopic (exact) mass is 245 g/mol. The molecule has 0 aromatic carbocycles. The molecule has 1 atom stereocenters. The van der Waals surface area contributed by atoms with Crippen molar-refractivity contribution in [1.82, 2.24) is 5.32 Å². The Morgan fingerprint density at radius 1 is 1.18 bits per heavy atom. The first-order valence-corrected chi connectivity index (χ1v) is 6.91. The maximum Gasteiger partial charge on any atom is 0.159 e. The summed E-state index contributed by atoms with van der Waals surface area (Å²) >= 11 is 0. The van der Waals surface area contributed by atoms with Crippen LogP contribution in [-0.4, -0.2) is 45.3 Å². The minimum absolute atomic E-state index is 0.107. The fraction of sp³-hybridized carbons (Fsp3) is 1.00. The summed E-state index contributed by atoms with van der Waals surface area (Å²) in [6.45, 7) is 8.00. The predicted octanol–water partition coefficient (Wildman–Crippen LogP) is 1.93. The molecule has 0 bridgehead atoms. The Balaban J connectivity index is 2.00. The molecule has 1 rings (SSSR count). The molecule has 1 aliphatic rings. The van der Waals surface area contributed by atoms with Gasteiger partial charge in [0.25, 0.3) is 0 Å². The Morgan fingerprint density at radius 2 is 1.94 bits per heavy atom. The van der Waals surface area contributed by atoms with Crippen LogP contribution in [0.5, 0.6) is 0 Å². The lowest BCUT2D eigenvalue weighted by molar-refractivity contribution is -0.147. The highest BCUT2D eigenvalue weighted by molar-refractivity contribution is 4.71. The second-order valence-corrected chi connectivity index (χ2v) is 4.35. The summed E-state index contributed by atoms with van der Waals surface area (Å²) in [5, 5.41) is 3.47. The second-order valence-electron chi connectivity index (χ2n) is 4.35. The molecule has 102 valence electrons. The van der Waals surface area contributed by atoms with Gasteiger partial charge in [0.1, 0.15) is 0 Å². The largest absolute Gasteiger partial charge is 0.380 e. The van der Waals surface area contributed by atoms with Gasteiger partial charge in [0.05, 0.1) is 13.2 Å². The van der Waals surface area contributed by atoms with Crippen molar-refractivity contribution < 1.29 is 14.2 Å². The molecule has 17 heavy (non-hydrogen) atoms. The van der Waals surface area contributed by atoms with Crippen molar-refractivity contribution in [2.75, 3.05) is 33.0 Å². The van der Waals surface area contributed by atoms with E-state index >= 15 is 0 Å². The Hall–Kier alpha value is -0.160. The summed E-state index contributed by atoms with van der Waals surface area (Å²) in [4.78, 5) is 0. The fourth-order valence-electron chi connectivity index (χ4n) is 2.06. The van der Waals surface area contributed by atoms with E-state index in [0.29, 0.717) is 25.9 Å². The van der Waals surface area contributed by atoms with Crippen molar-refractivity contribution in [2.45, 2.75) is 51.9 Å². The summed E-state index contributed by atoms with van der Waals surface area (Å²) in [7, 11) is 0. The van der Waals surface area contributed by atoms with E-state index in [9.17, 15) is 0 Å². The van der Waals surface area contributed by atoms with Gasteiger partial charge in [0.2, 0.25) is 0 Å². The van der Waals surface area contributed by atoms with Crippen molar-refractivity contribution >= 4 is 0 Å². The molecule has 0 radical (unpaired) electrons. The Kier molecular flexibility index (Phi) is 8.61. The van der Waals surface area contributed by atoms with Crippen molar-refractivity contribution in [1.29, 1.82) is 0 Å². The van der Waals surface area contributed by atoms with Gasteiger partial charge in [-0.1, -0.05) is 6.42 Å². The quantitative estimate of drug-likeness (QED) is 0.498. The van der Waals surface area contributed by atoms with Crippen molar-refractivity contribution in [3.63, 3.8) is 0 Å². The topological polar surface area (TPSA) is 39.7 Å². The summed E-state index contributed by atoms with van der Waals surface area (Å²) in [6, 6.07) is 0.543. The second kappa shape index (κ2) is 9.83. The standard InChI is InChI=1S/C13H27NO3/c1-3-16-13(17-4-2)8-10-15-11-12-7-5-6-9-14-12/h12-14H,3-11H2,1-2H3. The van der Waals surface area contributed by atoms with E-state index in [0.717, 1.165) is 19.6 Å². The molecule has 1 fully saturated rings. The number of piperidine rings is 1. The molecule has 0 aromatic heterocycles. The van der Waals surface area contributed by atoms with Crippen LogP contribution in [0.15, 0.2) is 0 Å². The maximum atomic E-state index is 5.67. The molecule has 1 N–H and O–H groups in total. The van der Waals surface area contributed by atoms with Crippen LogP contribution < -0.4 is 5.32 Å². The molecule has 0 amide bonds. The van der Waals surface area contributed by atoms with Gasteiger partial charge >= 0.3 is 0 Å². The lowest BCUT2D eigenvalue weighted by Crippen LogP contribution is -2.37. The Morgan fingerprint density at radius 3 is 2.53 bits per heavy atom. The predicted molar refractivity (Wildman–Crippen MR) is 68.1 cm³/mol. The van der Waals surface area contributed by atoms with Crippen LogP contribution in [-0.2, 0) is 14.2 Å². The van der Waals surface area contributed by atoms with Gasteiger partial charge in [-0.2, -0.15) is 0 Å². The van der Waals surface area contributed by atoms with Crippen LogP contribution in [0.4, 0.5) is 0 Å². The number of ether oxygens (including phenoxy) is 3. The summed E-state index contributed by atoms with van der Waals surface area (Å²) in [6.07, 6.45) is 4.56. The first-order chi connectivity index (χ1) is 8.36. The average molecular weight is 245 g/mol. The summed E-state index contributed by atoms with van der Waals surface area (Å²) < 4.78 is 16.6. The van der Waals surface area contributed by atoms with Crippen LogP contribution in [0.2, 0.25) is 0 Å². The Bertz CT molecular complexity index is 166. The van der Waals surface area contributed by atoms with Gasteiger partial charge in [-0.05, 0) is 33.2 Å². The van der Waals surface area contributed by atoms with E-state index in [1.165, 1.54) is 19.3 Å². The number of hydrogen-bond donors (Lipinski definition) is 1. The molecular formula is C13H27NO3. The molecule has 1 unspecified atom stereocenters. The van der Waals surface area contributed by atoms with Crippen molar-refractivity contribution in [2.24, 2.45) is 0 Å². The molecule has 0 spiro atoms. The van der Waals surface area contributed by atoms with E-state index in [-0.39, 0.29) is 6.29 Å². The lowest BCUT2D eigenvalue weighted by atomic mass is 10.1. The van der Waals surface area contributed by atoms with Gasteiger partial charge in [0.15, 0.2) is 6.29 Å². The van der Waals surface area contributed by atoms with Crippen molar-refractivity contribution in [3.05, 3.63) is 0 Å². The van der Waals surface area contributed by atoms with Crippen LogP contribution in [0, 0.1) is 0 Å². The third kappa shape index (κ3) is 6.99. The minimum Gasteiger partial charge on any atom is -0.380 e. The molecule has 0 aliphatic carbocycles. The molecular weight excluding hydrogens is 218 g/mol. The molecule has 4 nitrogen and oxygen atoms in total. The molecule has 1 aliphatic heterocycles. The normalized spacial score (nSPS) is 21.0. The fourth-order valence-corrected chi connectivity index (χ4v) is 2.06. The molecule has 4 heteroatoms. The highest BCUT2D eigenvalue weighted by Crippen LogP contribution is 2.08. The van der Waals surface area contributed by atoms with E-state index in [4.69, 9.17) is 14.2 Å². The first kappa shape index (κ1) is 14.9. The highest BCUT2D eigenvalue weighted by Gasteiger charge is 2.13. The minimum atomic E-state index is -0.107. The first-order valence-electron chi connectivity index (χ1n) is 6.91.